The molecule has 4 nitrogen and oxygen atoms in total. The summed E-state index contributed by atoms with van der Waals surface area (Å²) in [5.74, 6) is 1.70. The van der Waals surface area contributed by atoms with Gasteiger partial charge in [0.2, 0.25) is 0 Å². The molecule has 0 aromatic heterocycles. The number of hydrogen-bond acceptors (Lipinski definition) is 4. The Morgan fingerprint density at radius 1 is 1.19 bits per heavy atom. The van der Waals surface area contributed by atoms with Gasteiger partial charge in [0, 0.05) is 26.8 Å². The minimum Gasteiger partial charge on any atom is -0.492 e. The normalized spacial score (nSPS) is 17.0. The van der Waals surface area contributed by atoms with E-state index in [0.717, 1.165) is 38.0 Å². The molecular formula is C17H28N2O2. The van der Waals surface area contributed by atoms with Crippen LogP contribution in [-0.2, 0) is 11.3 Å². The van der Waals surface area contributed by atoms with Crippen molar-refractivity contribution in [3.63, 3.8) is 0 Å². The average Bonchev–Trinajstić information content (AvgIpc) is 2.51. The molecule has 1 N–H and O–H groups in total. The van der Waals surface area contributed by atoms with Crippen molar-refractivity contribution in [2.24, 2.45) is 5.92 Å². The molecule has 0 aliphatic carbocycles. The molecule has 2 rings (SSSR count). The van der Waals surface area contributed by atoms with Gasteiger partial charge < -0.3 is 14.8 Å². The third kappa shape index (κ3) is 5.65. The topological polar surface area (TPSA) is 33.7 Å². The number of nitrogens with one attached hydrogen (secondary N) is 1. The third-order valence-electron chi connectivity index (χ3n) is 4.09. The summed E-state index contributed by atoms with van der Waals surface area (Å²) in [6.07, 6.45) is 2.49. The lowest BCUT2D eigenvalue weighted by Gasteiger charge is -2.31. The maximum absolute atomic E-state index is 5.83. The fraction of sp³-hybridized carbons (Fsp3) is 0.647. The number of hydrogen-bond donors (Lipinski definition) is 1. The number of ether oxygens (including phenoxy) is 2. The molecule has 1 aliphatic heterocycles. The van der Waals surface area contributed by atoms with Crippen LogP contribution < -0.4 is 10.1 Å². The summed E-state index contributed by atoms with van der Waals surface area (Å²) in [7, 11) is 3.75. The van der Waals surface area contributed by atoms with E-state index < -0.39 is 0 Å². The fourth-order valence-electron chi connectivity index (χ4n) is 2.81. The predicted molar refractivity (Wildman–Crippen MR) is 85.7 cm³/mol. The van der Waals surface area contributed by atoms with Crippen molar-refractivity contribution in [2.45, 2.75) is 19.4 Å². The number of benzene rings is 1. The van der Waals surface area contributed by atoms with Gasteiger partial charge in [0.05, 0.1) is 0 Å². The molecule has 1 aromatic rings. The van der Waals surface area contributed by atoms with E-state index in [1.54, 1.807) is 7.11 Å². The van der Waals surface area contributed by atoms with E-state index in [2.05, 4.69) is 34.5 Å². The highest BCUT2D eigenvalue weighted by molar-refractivity contribution is 5.27. The highest BCUT2D eigenvalue weighted by atomic mass is 16.5. The van der Waals surface area contributed by atoms with Gasteiger partial charge in [0.1, 0.15) is 12.4 Å². The van der Waals surface area contributed by atoms with Crippen molar-refractivity contribution in [3.8, 4) is 5.75 Å². The van der Waals surface area contributed by atoms with Gasteiger partial charge in [-0.05, 0) is 56.6 Å². The predicted octanol–water partition coefficient (Wildman–Crippen LogP) is 2.14. The van der Waals surface area contributed by atoms with Crippen LogP contribution in [0.5, 0.6) is 5.75 Å². The van der Waals surface area contributed by atoms with Crippen LogP contribution in [0.2, 0.25) is 0 Å². The Morgan fingerprint density at radius 2 is 1.90 bits per heavy atom. The maximum atomic E-state index is 5.83. The standard InChI is InChI=1S/C17H28N2O2/c1-18-13-15-3-5-17(6-4-15)21-12-11-19-9-7-16(8-10-19)14-20-2/h3-6,16,18H,7-14H2,1-2H3. The first-order chi connectivity index (χ1) is 10.3. The van der Waals surface area contributed by atoms with Crippen LogP contribution in [0.3, 0.4) is 0 Å². The van der Waals surface area contributed by atoms with E-state index in [-0.39, 0.29) is 0 Å². The molecule has 0 atom stereocenters. The number of likely N-dealkylation sites (tertiary alicyclic amines) is 1. The molecule has 0 saturated carbocycles. The summed E-state index contributed by atoms with van der Waals surface area (Å²) < 4.78 is 11.1. The molecule has 21 heavy (non-hydrogen) atoms. The van der Waals surface area contributed by atoms with Gasteiger partial charge >= 0.3 is 0 Å². The Bertz CT molecular complexity index is 386. The van der Waals surface area contributed by atoms with Gasteiger partial charge in [-0.15, -0.1) is 0 Å². The summed E-state index contributed by atoms with van der Waals surface area (Å²) in [4.78, 5) is 2.49. The van der Waals surface area contributed by atoms with Gasteiger partial charge in [-0.1, -0.05) is 12.1 Å². The largest absolute Gasteiger partial charge is 0.492 e. The van der Waals surface area contributed by atoms with E-state index in [1.807, 2.05) is 7.05 Å². The number of methoxy groups -OCH3 is 1. The van der Waals surface area contributed by atoms with E-state index in [9.17, 15) is 0 Å². The summed E-state index contributed by atoms with van der Waals surface area (Å²) in [5, 5.41) is 3.15. The van der Waals surface area contributed by atoms with Crippen molar-refractivity contribution in [1.82, 2.24) is 10.2 Å². The summed E-state index contributed by atoms with van der Waals surface area (Å²) >= 11 is 0. The van der Waals surface area contributed by atoms with Crippen molar-refractivity contribution in [3.05, 3.63) is 29.8 Å². The fourth-order valence-corrected chi connectivity index (χ4v) is 2.81. The highest BCUT2D eigenvalue weighted by Crippen LogP contribution is 2.17. The second-order valence-electron chi connectivity index (χ2n) is 5.76. The lowest BCUT2D eigenvalue weighted by molar-refractivity contribution is 0.0928. The van der Waals surface area contributed by atoms with Crippen LogP contribution in [0.1, 0.15) is 18.4 Å². The first-order valence-corrected chi connectivity index (χ1v) is 7.89. The zero-order valence-electron chi connectivity index (χ0n) is 13.3. The smallest absolute Gasteiger partial charge is 0.119 e. The molecule has 118 valence electrons. The molecule has 1 aromatic carbocycles. The van der Waals surface area contributed by atoms with E-state index in [1.165, 1.54) is 31.5 Å². The van der Waals surface area contributed by atoms with Gasteiger partial charge in [0.15, 0.2) is 0 Å². The van der Waals surface area contributed by atoms with E-state index in [4.69, 9.17) is 9.47 Å². The number of piperidine rings is 1. The lowest BCUT2D eigenvalue weighted by Crippen LogP contribution is -2.37. The maximum Gasteiger partial charge on any atom is 0.119 e. The first-order valence-electron chi connectivity index (χ1n) is 7.89. The second kappa shape index (κ2) is 9.03. The van der Waals surface area contributed by atoms with E-state index >= 15 is 0 Å². The van der Waals surface area contributed by atoms with Crippen LogP contribution >= 0.6 is 0 Å². The Labute approximate surface area is 128 Å². The average molecular weight is 292 g/mol. The van der Waals surface area contributed by atoms with Gasteiger partial charge in [0.25, 0.3) is 0 Å². The lowest BCUT2D eigenvalue weighted by atomic mass is 9.98. The molecule has 1 heterocycles. The zero-order valence-corrected chi connectivity index (χ0v) is 13.3. The van der Waals surface area contributed by atoms with Crippen LogP contribution in [0.4, 0.5) is 0 Å². The monoisotopic (exact) mass is 292 g/mol. The minimum absolute atomic E-state index is 0.742. The second-order valence-corrected chi connectivity index (χ2v) is 5.76. The minimum atomic E-state index is 0.742. The third-order valence-corrected chi connectivity index (χ3v) is 4.09. The summed E-state index contributed by atoms with van der Waals surface area (Å²) in [6, 6.07) is 8.33. The Hall–Kier alpha value is -1.10. The molecule has 0 amide bonds. The molecule has 0 unspecified atom stereocenters. The van der Waals surface area contributed by atoms with Crippen LogP contribution in [0.15, 0.2) is 24.3 Å². The highest BCUT2D eigenvalue weighted by Gasteiger charge is 2.18. The van der Waals surface area contributed by atoms with Crippen molar-refractivity contribution in [1.29, 1.82) is 0 Å². The first kappa shape index (κ1) is 16.3. The zero-order chi connectivity index (χ0) is 14.9. The number of rotatable bonds is 8. The van der Waals surface area contributed by atoms with Crippen molar-refractivity contribution in [2.75, 3.05) is 47.0 Å². The Kier molecular flexibility index (Phi) is 7.00. The van der Waals surface area contributed by atoms with Crippen LogP contribution in [0.25, 0.3) is 0 Å². The van der Waals surface area contributed by atoms with Crippen LogP contribution in [0, 0.1) is 5.92 Å². The van der Waals surface area contributed by atoms with Crippen LogP contribution in [-0.4, -0.2) is 51.9 Å². The van der Waals surface area contributed by atoms with Gasteiger partial charge in [-0.3, -0.25) is 4.90 Å². The molecule has 0 radical (unpaired) electrons. The summed E-state index contributed by atoms with van der Waals surface area (Å²) in [6.45, 7) is 5.91. The van der Waals surface area contributed by atoms with Gasteiger partial charge in [-0.2, -0.15) is 0 Å². The number of nitrogens with zero attached hydrogens (tertiary/aromatic N) is 1. The molecule has 4 heteroatoms. The van der Waals surface area contributed by atoms with Crippen molar-refractivity contribution >= 4 is 0 Å². The van der Waals surface area contributed by atoms with Gasteiger partial charge in [-0.25, -0.2) is 0 Å². The molecular weight excluding hydrogens is 264 g/mol. The molecule has 1 saturated heterocycles. The molecule has 0 bridgehead atoms. The molecule has 1 aliphatic rings. The Balaban J connectivity index is 1.63. The SMILES string of the molecule is CNCc1ccc(OCCN2CCC(COC)CC2)cc1. The van der Waals surface area contributed by atoms with E-state index in [0.29, 0.717) is 0 Å². The molecule has 1 fully saturated rings. The summed E-state index contributed by atoms with van der Waals surface area (Å²) in [5.41, 5.74) is 1.28. The quantitative estimate of drug-likeness (QED) is 0.796. The molecule has 0 spiro atoms. The van der Waals surface area contributed by atoms with Crippen molar-refractivity contribution < 1.29 is 9.47 Å². The Morgan fingerprint density at radius 3 is 2.52 bits per heavy atom.